The number of allylic oxidation sites excluding steroid dienone is 1. The highest BCUT2D eigenvalue weighted by molar-refractivity contribution is 6.06. The first kappa shape index (κ1) is 21.1. The van der Waals surface area contributed by atoms with Crippen LogP contribution in [0.2, 0.25) is 0 Å². The van der Waals surface area contributed by atoms with E-state index in [-0.39, 0.29) is 11.4 Å². The van der Waals surface area contributed by atoms with E-state index in [9.17, 15) is 10.1 Å². The molecule has 0 saturated carbocycles. The number of aromatic nitrogens is 2. The van der Waals surface area contributed by atoms with E-state index in [2.05, 4.69) is 6.07 Å². The Balaban J connectivity index is 2.08. The summed E-state index contributed by atoms with van der Waals surface area (Å²) in [5.74, 6) is 0.557. The van der Waals surface area contributed by atoms with Crippen LogP contribution >= 0.6 is 0 Å². The van der Waals surface area contributed by atoms with Crippen molar-refractivity contribution in [3.63, 3.8) is 0 Å². The van der Waals surface area contributed by atoms with Crippen molar-refractivity contribution < 1.29 is 9.53 Å². The third-order valence-corrected chi connectivity index (χ3v) is 4.69. The number of nitrogens with zero attached hydrogens (tertiary/aromatic N) is 3. The minimum absolute atomic E-state index is 0.122. The molecule has 0 radical (unpaired) electrons. The van der Waals surface area contributed by atoms with Crippen LogP contribution in [0.3, 0.4) is 0 Å². The topological polar surface area (TPSA) is 67.9 Å². The molecule has 152 valence electrons. The largest absolute Gasteiger partial charge is 0.497 e. The smallest absolute Gasteiger partial charge is 0.178 e. The average Bonchev–Trinajstić information content (AvgIpc) is 3.13. The maximum atomic E-state index is 12.7. The Kier molecular flexibility index (Phi) is 6.17. The number of methoxy groups -OCH3 is 1. The second-order valence-electron chi connectivity index (χ2n) is 8.09. The summed E-state index contributed by atoms with van der Waals surface area (Å²) in [6.07, 6.45) is 3.52. The third-order valence-electron chi connectivity index (χ3n) is 4.69. The number of ether oxygens (including phenoxy) is 1. The molecule has 0 saturated heterocycles. The number of rotatable bonds is 6. The molecule has 0 aliphatic rings. The second-order valence-corrected chi connectivity index (χ2v) is 8.09. The SMILES string of the molecule is COc1ccc(-c2nn(Cc3ccccc3)cc2/C=C(\C#N)C(=O)C(C)(C)C)cc1. The molecular weight excluding hydrogens is 374 g/mol. The average molecular weight is 399 g/mol. The van der Waals surface area contributed by atoms with Crippen molar-refractivity contribution in [1.82, 2.24) is 9.78 Å². The van der Waals surface area contributed by atoms with Crippen LogP contribution in [0.15, 0.2) is 66.4 Å². The lowest BCUT2D eigenvalue weighted by Gasteiger charge is -2.15. The molecule has 1 heterocycles. The fraction of sp³-hybridized carbons (Fsp3) is 0.240. The molecule has 1 aromatic heterocycles. The summed E-state index contributed by atoms with van der Waals surface area (Å²) in [6, 6.07) is 19.7. The number of nitriles is 1. The van der Waals surface area contributed by atoms with E-state index in [4.69, 9.17) is 9.84 Å². The van der Waals surface area contributed by atoms with Gasteiger partial charge in [-0.1, -0.05) is 51.1 Å². The molecule has 0 unspecified atom stereocenters. The van der Waals surface area contributed by atoms with E-state index < -0.39 is 5.41 Å². The van der Waals surface area contributed by atoms with Crippen LogP contribution in [-0.4, -0.2) is 22.7 Å². The van der Waals surface area contributed by atoms with Crippen LogP contribution in [0.5, 0.6) is 5.75 Å². The van der Waals surface area contributed by atoms with Crippen LogP contribution in [0, 0.1) is 16.7 Å². The first-order valence-corrected chi connectivity index (χ1v) is 9.74. The highest BCUT2D eigenvalue weighted by Crippen LogP contribution is 2.28. The van der Waals surface area contributed by atoms with Gasteiger partial charge in [-0.15, -0.1) is 0 Å². The Morgan fingerprint density at radius 2 is 1.80 bits per heavy atom. The van der Waals surface area contributed by atoms with Crippen LogP contribution in [0.25, 0.3) is 17.3 Å². The standard InChI is InChI=1S/C25H25N3O2/c1-25(2,3)24(29)20(15-26)14-21-17-28(16-18-8-6-5-7-9-18)27-23(21)19-10-12-22(30-4)13-11-19/h5-14,17H,16H2,1-4H3/b20-14+. The molecule has 0 atom stereocenters. The summed E-state index contributed by atoms with van der Waals surface area (Å²) in [5, 5.41) is 14.4. The molecule has 5 heteroatoms. The van der Waals surface area contributed by atoms with E-state index in [1.54, 1.807) is 13.2 Å². The normalized spacial score (nSPS) is 11.8. The molecule has 0 spiro atoms. The zero-order valence-corrected chi connectivity index (χ0v) is 17.7. The van der Waals surface area contributed by atoms with Gasteiger partial charge in [0, 0.05) is 22.7 Å². The number of carbonyl (C=O) groups excluding carboxylic acids is 1. The summed E-state index contributed by atoms with van der Waals surface area (Å²) in [6.45, 7) is 6.02. The summed E-state index contributed by atoms with van der Waals surface area (Å²) >= 11 is 0. The van der Waals surface area contributed by atoms with Gasteiger partial charge in [0.2, 0.25) is 0 Å². The van der Waals surface area contributed by atoms with Gasteiger partial charge in [-0.2, -0.15) is 10.4 Å². The van der Waals surface area contributed by atoms with Gasteiger partial charge >= 0.3 is 0 Å². The molecule has 5 nitrogen and oxygen atoms in total. The van der Waals surface area contributed by atoms with Crippen LogP contribution in [0.4, 0.5) is 0 Å². The molecule has 0 N–H and O–H groups in total. The molecule has 0 fully saturated rings. The Bertz CT molecular complexity index is 1100. The minimum Gasteiger partial charge on any atom is -0.497 e. The van der Waals surface area contributed by atoms with Gasteiger partial charge in [0.15, 0.2) is 5.78 Å². The minimum atomic E-state index is -0.637. The maximum Gasteiger partial charge on any atom is 0.178 e. The van der Waals surface area contributed by atoms with Gasteiger partial charge in [-0.25, -0.2) is 0 Å². The predicted molar refractivity (Wildman–Crippen MR) is 118 cm³/mol. The summed E-state index contributed by atoms with van der Waals surface area (Å²) in [7, 11) is 1.62. The maximum absolute atomic E-state index is 12.7. The van der Waals surface area contributed by atoms with E-state index in [1.807, 2.05) is 86.2 Å². The van der Waals surface area contributed by atoms with Gasteiger partial charge in [0.1, 0.15) is 11.8 Å². The van der Waals surface area contributed by atoms with Crippen LogP contribution in [-0.2, 0) is 11.3 Å². The second kappa shape index (κ2) is 8.79. The number of hydrogen-bond acceptors (Lipinski definition) is 4. The van der Waals surface area contributed by atoms with Crippen molar-refractivity contribution in [2.24, 2.45) is 5.41 Å². The summed E-state index contributed by atoms with van der Waals surface area (Å²) < 4.78 is 7.08. The fourth-order valence-corrected chi connectivity index (χ4v) is 3.08. The molecule has 0 aliphatic heterocycles. The highest BCUT2D eigenvalue weighted by atomic mass is 16.5. The van der Waals surface area contributed by atoms with Gasteiger partial charge in [0.25, 0.3) is 0 Å². The Morgan fingerprint density at radius 1 is 1.13 bits per heavy atom. The van der Waals surface area contributed by atoms with Gasteiger partial charge in [0.05, 0.1) is 24.9 Å². The first-order valence-electron chi connectivity index (χ1n) is 9.74. The quantitative estimate of drug-likeness (QED) is 0.426. The van der Waals surface area contributed by atoms with Gasteiger partial charge in [-0.05, 0) is 35.9 Å². The number of hydrogen-bond donors (Lipinski definition) is 0. The highest BCUT2D eigenvalue weighted by Gasteiger charge is 2.25. The Labute approximate surface area is 177 Å². The van der Waals surface area contributed by atoms with Crippen LogP contribution < -0.4 is 4.74 Å². The summed E-state index contributed by atoms with van der Waals surface area (Å²) in [5.41, 5.74) is 2.92. The third kappa shape index (κ3) is 4.84. The van der Waals surface area contributed by atoms with E-state index >= 15 is 0 Å². The fourth-order valence-electron chi connectivity index (χ4n) is 3.08. The van der Waals surface area contributed by atoms with Gasteiger partial charge in [-0.3, -0.25) is 9.48 Å². The Hall–Kier alpha value is -3.65. The van der Waals surface area contributed by atoms with Crippen molar-refractivity contribution in [2.75, 3.05) is 7.11 Å². The lowest BCUT2D eigenvalue weighted by atomic mass is 9.86. The van der Waals surface area contributed by atoms with E-state index in [0.717, 1.165) is 22.4 Å². The Morgan fingerprint density at radius 3 is 2.37 bits per heavy atom. The van der Waals surface area contributed by atoms with Gasteiger partial charge < -0.3 is 4.74 Å². The first-order chi connectivity index (χ1) is 14.3. The molecule has 0 amide bonds. The number of ketones is 1. The van der Waals surface area contributed by atoms with E-state index in [0.29, 0.717) is 12.2 Å². The van der Waals surface area contributed by atoms with Crippen molar-refractivity contribution in [2.45, 2.75) is 27.3 Å². The molecule has 3 aromatic rings. The zero-order valence-electron chi connectivity index (χ0n) is 17.7. The number of benzene rings is 2. The predicted octanol–water partition coefficient (Wildman–Crippen LogP) is 5.13. The number of Topliss-reactive ketones (excluding diaryl/α,β-unsaturated/α-hetero) is 1. The van der Waals surface area contributed by atoms with Crippen molar-refractivity contribution in [1.29, 1.82) is 5.26 Å². The van der Waals surface area contributed by atoms with Crippen molar-refractivity contribution >= 4 is 11.9 Å². The molecule has 3 rings (SSSR count). The lowest BCUT2D eigenvalue weighted by molar-refractivity contribution is -0.121. The monoisotopic (exact) mass is 399 g/mol. The lowest BCUT2D eigenvalue weighted by Crippen LogP contribution is -2.21. The van der Waals surface area contributed by atoms with Crippen molar-refractivity contribution in [3.05, 3.63) is 77.5 Å². The molecule has 0 aliphatic carbocycles. The van der Waals surface area contributed by atoms with Crippen molar-refractivity contribution in [3.8, 4) is 23.1 Å². The summed E-state index contributed by atoms with van der Waals surface area (Å²) in [4.78, 5) is 12.7. The molecule has 2 aromatic carbocycles. The van der Waals surface area contributed by atoms with Crippen LogP contribution in [0.1, 0.15) is 31.9 Å². The number of carbonyl (C=O) groups is 1. The molecule has 0 bridgehead atoms. The van der Waals surface area contributed by atoms with E-state index in [1.165, 1.54) is 0 Å². The molecular formula is C25H25N3O2. The zero-order chi connectivity index (χ0) is 21.7. The molecule has 30 heavy (non-hydrogen) atoms.